The van der Waals surface area contributed by atoms with Crippen LogP contribution < -0.4 is 10.2 Å². The Labute approximate surface area is 83.3 Å². The maximum absolute atomic E-state index is 8.93. The average molecular weight is 185 g/mol. The third kappa shape index (κ3) is 1.61. The quantitative estimate of drug-likeness (QED) is 0.720. The Bertz CT molecular complexity index is 364. The first-order valence-corrected chi connectivity index (χ1v) is 4.55. The van der Waals surface area contributed by atoms with Gasteiger partial charge in [-0.3, -0.25) is 5.32 Å². The van der Waals surface area contributed by atoms with Crippen molar-refractivity contribution in [3.63, 3.8) is 0 Å². The van der Waals surface area contributed by atoms with Crippen molar-refractivity contribution >= 4 is 5.69 Å². The molecular formula is C11H11N3. The second kappa shape index (κ2) is 3.95. The largest absolute Gasteiger partial charge is 0.320 e. The minimum atomic E-state index is -0.262. The summed E-state index contributed by atoms with van der Waals surface area (Å²) in [6.07, 6.45) is 3.68. The maximum Gasteiger partial charge on any atom is 0.174 e. The molecule has 70 valence electrons. The van der Waals surface area contributed by atoms with Gasteiger partial charge in [-0.2, -0.15) is 5.26 Å². The molecule has 1 aromatic rings. The second-order valence-electron chi connectivity index (χ2n) is 3.07. The molecule has 0 radical (unpaired) electrons. The van der Waals surface area contributed by atoms with Gasteiger partial charge in [-0.15, -0.1) is 0 Å². The van der Waals surface area contributed by atoms with Crippen LogP contribution in [0.2, 0.25) is 0 Å². The molecule has 0 aliphatic carbocycles. The molecule has 0 fully saturated rings. The Kier molecular flexibility index (Phi) is 2.48. The number of nitrogens with zero attached hydrogens (tertiary/aromatic N) is 2. The van der Waals surface area contributed by atoms with Gasteiger partial charge < -0.3 is 4.90 Å². The molecule has 0 aromatic heterocycles. The van der Waals surface area contributed by atoms with Crippen LogP contribution in [0.3, 0.4) is 0 Å². The highest BCUT2D eigenvalue weighted by molar-refractivity contribution is 5.51. The first kappa shape index (κ1) is 8.79. The summed E-state index contributed by atoms with van der Waals surface area (Å²) in [6.45, 7) is 0.752. The fourth-order valence-corrected chi connectivity index (χ4v) is 1.47. The molecule has 2 rings (SSSR count). The molecule has 0 amide bonds. The molecule has 1 heterocycles. The van der Waals surface area contributed by atoms with Gasteiger partial charge in [-0.05, 0) is 12.1 Å². The maximum atomic E-state index is 8.93. The summed E-state index contributed by atoms with van der Waals surface area (Å²) in [5.41, 5.74) is 1.03. The number of benzene rings is 1. The van der Waals surface area contributed by atoms with E-state index in [2.05, 4.69) is 11.4 Å². The predicted molar refractivity (Wildman–Crippen MR) is 55.5 cm³/mol. The van der Waals surface area contributed by atoms with E-state index in [1.807, 2.05) is 47.5 Å². The van der Waals surface area contributed by atoms with Gasteiger partial charge in [0.2, 0.25) is 0 Å². The van der Waals surface area contributed by atoms with Crippen molar-refractivity contribution in [2.45, 2.75) is 6.17 Å². The third-order valence-electron chi connectivity index (χ3n) is 2.15. The molecule has 1 aliphatic rings. The third-order valence-corrected chi connectivity index (χ3v) is 2.15. The highest BCUT2D eigenvalue weighted by Gasteiger charge is 2.17. The van der Waals surface area contributed by atoms with E-state index >= 15 is 0 Å². The first-order chi connectivity index (χ1) is 6.92. The number of para-hydroxylation sites is 1. The van der Waals surface area contributed by atoms with Crippen molar-refractivity contribution in [3.05, 3.63) is 42.6 Å². The molecule has 0 bridgehead atoms. The van der Waals surface area contributed by atoms with E-state index in [1.54, 1.807) is 0 Å². The zero-order chi connectivity index (χ0) is 9.80. The summed E-state index contributed by atoms with van der Waals surface area (Å²) in [7, 11) is 0. The minimum Gasteiger partial charge on any atom is -0.320 e. The Morgan fingerprint density at radius 1 is 1.36 bits per heavy atom. The van der Waals surface area contributed by atoms with Crippen LogP contribution in [0, 0.1) is 11.3 Å². The zero-order valence-electron chi connectivity index (χ0n) is 7.72. The van der Waals surface area contributed by atoms with Gasteiger partial charge in [0, 0.05) is 18.4 Å². The molecule has 3 nitrogen and oxygen atoms in total. The van der Waals surface area contributed by atoms with Crippen LogP contribution in [-0.4, -0.2) is 12.7 Å². The molecule has 1 unspecified atom stereocenters. The van der Waals surface area contributed by atoms with Crippen LogP contribution in [0.15, 0.2) is 42.6 Å². The molecular weight excluding hydrogens is 174 g/mol. The summed E-state index contributed by atoms with van der Waals surface area (Å²) in [5.74, 6) is 0. The molecule has 0 spiro atoms. The first-order valence-electron chi connectivity index (χ1n) is 4.55. The molecule has 1 aliphatic heterocycles. The molecule has 1 atom stereocenters. The highest BCUT2D eigenvalue weighted by Crippen LogP contribution is 2.17. The van der Waals surface area contributed by atoms with Crippen molar-refractivity contribution in [1.82, 2.24) is 5.32 Å². The molecule has 1 aromatic carbocycles. The lowest BCUT2D eigenvalue weighted by atomic mass is 10.2. The SMILES string of the molecule is N#CC1NCC=CN1c1ccccc1. The Balaban J connectivity index is 2.29. The van der Waals surface area contributed by atoms with E-state index < -0.39 is 0 Å². The summed E-state index contributed by atoms with van der Waals surface area (Å²) in [5, 5.41) is 12.0. The number of nitriles is 1. The number of hydrogen-bond acceptors (Lipinski definition) is 3. The van der Waals surface area contributed by atoms with Gasteiger partial charge >= 0.3 is 0 Å². The van der Waals surface area contributed by atoms with E-state index in [4.69, 9.17) is 5.26 Å². The van der Waals surface area contributed by atoms with Crippen molar-refractivity contribution < 1.29 is 0 Å². The summed E-state index contributed by atoms with van der Waals surface area (Å²) in [4.78, 5) is 1.92. The van der Waals surface area contributed by atoms with Crippen LogP contribution in [0.25, 0.3) is 0 Å². The monoisotopic (exact) mass is 185 g/mol. The molecule has 3 heteroatoms. The van der Waals surface area contributed by atoms with Crippen LogP contribution in [-0.2, 0) is 0 Å². The number of anilines is 1. The summed E-state index contributed by atoms with van der Waals surface area (Å²) >= 11 is 0. The molecule has 0 saturated carbocycles. The zero-order valence-corrected chi connectivity index (χ0v) is 7.72. The summed E-state index contributed by atoms with van der Waals surface area (Å²) in [6, 6.07) is 12.1. The number of rotatable bonds is 1. The van der Waals surface area contributed by atoms with Gasteiger partial charge in [0.05, 0.1) is 0 Å². The lowest BCUT2D eigenvalue weighted by molar-refractivity contribution is 0.625. The van der Waals surface area contributed by atoms with Crippen molar-refractivity contribution in [2.24, 2.45) is 0 Å². The van der Waals surface area contributed by atoms with E-state index in [1.165, 1.54) is 0 Å². The van der Waals surface area contributed by atoms with E-state index in [0.717, 1.165) is 12.2 Å². The van der Waals surface area contributed by atoms with Crippen LogP contribution in [0.5, 0.6) is 0 Å². The van der Waals surface area contributed by atoms with E-state index in [9.17, 15) is 0 Å². The normalized spacial score (nSPS) is 20.5. The number of hydrogen-bond donors (Lipinski definition) is 1. The Morgan fingerprint density at radius 2 is 2.14 bits per heavy atom. The van der Waals surface area contributed by atoms with Crippen LogP contribution >= 0.6 is 0 Å². The Hall–Kier alpha value is -1.79. The Morgan fingerprint density at radius 3 is 2.86 bits per heavy atom. The van der Waals surface area contributed by atoms with Crippen molar-refractivity contribution in [2.75, 3.05) is 11.4 Å². The fraction of sp³-hybridized carbons (Fsp3) is 0.182. The second-order valence-corrected chi connectivity index (χ2v) is 3.07. The predicted octanol–water partition coefficient (Wildman–Crippen LogP) is 1.46. The standard InChI is InChI=1S/C11H11N3/c12-9-11-13-7-4-8-14(11)10-5-2-1-3-6-10/h1-6,8,11,13H,7H2. The smallest absolute Gasteiger partial charge is 0.174 e. The van der Waals surface area contributed by atoms with Gasteiger partial charge in [-0.25, -0.2) is 0 Å². The lowest BCUT2D eigenvalue weighted by Crippen LogP contribution is -2.44. The molecule has 1 N–H and O–H groups in total. The summed E-state index contributed by atoms with van der Waals surface area (Å²) < 4.78 is 0. The van der Waals surface area contributed by atoms with Crippen LogP contribution in [0.1, 0.15) is 0 Å². The van der Waals surface area contributed by atoms with Gasteiger partial charge in [0.15, 0.2) is 6.17 Å². The fourth-order valence-electron chi connectivity index (χ4n) is 1.47. The van der Waals surface area contributed by atoms with Gasteiger partial charge in [0.25, 0.3) is 0 Å². The topological polar surface area (TPSA) is 39.1 Å². The molecule has 14 heavy (non-hydrogen) atoms. The van der Waals surface area contributed by atoms with E-state index in [-0.39, 0.29) is 6.17 Å². The highest BCUT2D eigenvalue weighted by atomic mass is 15.3. The van der Waals surface area contributed by atoms with Gasteiger partial charge in [0.1, 0.15) is 6.07 Å². The van der Waals surface area contributed by atoms with Crippen LogP contribution in [0.4, 0.5) is 5.69 Å². The van der Waals surface area contributed by atoms with Gasteiger partial charge in [-0.1, -0.05) is 24.3 Å². The van der Waals surface area contributed by atoms with E-state index in [0.29, 0.717) is 0 Å². The molecule has 0 saturated heterocycles. The lowest BCUT2D eigenvalue weighted by Gasteiger charge is -2.29. The van der Waals surface area contributed by atoms with Crippen molar-refractivity contribution in [1.29, 1.82) is 5.26 Å². The minimum absolute atomic E-state index is 0.262. The average Bonchev–Trinajstić information content (AvgIpc) is 2.30. The number of nitrogens with one attached hydrogen (secondary N) is 1. The van der Waals surface area contributed by atoms with Crippen molar-refractivity contribution in [3.8, 4) is 6.07 Å².